The predicted octanol–water partition coefficient (Wildman–Crippen LogP) is 3.86. The first kappa shape index (κ1) is 20.1. The topological polar surface area (TPSA) is 67.4 Å². The lowest BCUT2D eigenvalue weighted by Gasteiger charge is -2.18. The lowest BCUT2D eigenvalue weighted by molar-refractivity contribution is 0.0538. The summed E-state index contributed by atoms with van der Waals surface area (Å²) in [6.45, 7) is 3.81. The number of carbonyl (C=O) groups is 1. The molecule has 0 aliphatic carbocycles. The van der Waals surface area contributed by atoms with Gasteiger partial charge in [0.15, 0.2) is 0 Å². The van der Waals surface area contributed by atoms with Crippen LogP contribution in [0.15, 0.2) is 35.2 Å². The molecule has 0 saturated carbocycles. The van der Waals surface area contributed by atoms with E-state index in [0.29, 0.717) is 33.8 Å². The fourth-order valence-electron chi connectivity index (χ4n) is 2.69. The quantitative estimate of drug-likeness (QED) is 0.718. The molecule has 1 amide bonds. The van der Waals surface area contributed by atoms with Crippen LogP contribution in [0.5, 0.6) is 0 Å². The summed E-state index contributed by atoms with van der Waals surface area (Å²) in [4.78, 5) is 17.7. The summed E-state index contributed by atoms with van der Waals surface area (Å²) in [7, 11) is 0.255. The van der Waals surface area contributed by atoms with Gasteiger partial charge in [0.2, 0.25) is 0 Å². The highest BCUT2D eigenvalue weighted by atomic mass is 32.2. The number of anilines is 2. The van der Waals surface area contributed by atoms with Crippen molar-refractivity contribution in [3.05, 3.63) is 52.8 Å². The maximum Gasteiger partial charge on any atom is 0.276 e. The minimum atomic E-state index is -1.09. The number of benzene rings is 2. The van der Waals surface area contributed by atoms with Crippen LogP contribution in [0.1, 0.15) is 34.8 Å². The van der Waals surface area contributed by atoms with Gasteiger partial charge in [0, 0.05) is 33.2 Å². The number of halogens is 1. The Bertz CT molecular complexity index is 840. The Balaban J connectivity index is 2.54. The second-order valence-corrected chi connectivity index (χ2v) is 7.27. The number of hydroxylamine groups is 1. The molecule has 0 aromatic heterocycles. The first-order chi connectivity index (χ1) is 12.4. The van der Waals surface area contributed by atoms with Crippen molar-refractivity contribution in [3.63, 3.8) is 0 Å². The van der Waals surface area contributed by atoms with Gasteiger partial charge >= 0.3 is 0 Å². The average Bonchev–Trinajstić information content (AvgIpc) is 2.59. The predicted molar refractivity (Wildman–Crippen MR) is 102 cm³/mol. The Morgan fingerprint density at radius 3 is 2.58 bits per heavy atom. The molecule has 0 aliphatic heterocycles. The molecule has 0 bridgehead atoms. The Hall–Kier alpha value is -2.25. The minimum absolute atomic E-state index is 0.291. The van der Waals surface area contributed by atoms with Gasteiger partial charge < -0.3 is 5.32 Å². The molecule has 1 atom stereocenters. The molecule has 5 nitrogen and oxygen atoms in total. The molecular formula is C19H23FN2O3S. The fraction of sp³-hybridized carbons (Fsp3) is 0.316. The summed E-state index contributed by atoms with van der Waals surface area (Å²) >= 11 is 0. The van der Waals surface area contributed by atoms with Crippen molar-refractivity contribution in [2.75, 3.05) is 18.7 Å². The molecule has 0 fully saturated rings. The summed E-state index contributed by atoms with van der Waals surface area (Å²) in [5.74, 6) is -0.830. The van der Waals surface area contributed by atoms with E-state index >= 15 is 0 Å². The number of amides is 1. The van der Waals surface area contributed by atoms with Gasteiger partial charge in [-0.05, 0) is 49.2 Å². The van der Waals surface area contributed by atoms with Gasteiger partial charge in [0.1, 0.15) is 5.82 Å². The van der Waals surface area contributed by atoms with Crippen LogP contribution in [0.25, 0.3) is 0 Å². The van der Waals surface area contributed by atoms with Gasteiger partial charge in [-0.3, -0.25) is 13.8 Å². The third kappa shape index (κ3) is 4.47. The van der Waals surface area contributed by atoms with Crippen LogP contribution in [-0.2, 0) is 22.1 Å². The molecule has 0 aliphatic rings. The molecule has 1 unspecified atom stereocenters. The van der Waals surface area contributed by atoms with Crippen molar-refractivity contribution in [1.82, 2.24) is 5.48 Å². The second-order valence-electron chi connectivity index (χ2n) is 5.89. The smallest absolute Gasteiger partial charge is 0.276 e. The van der Waals surface area contributed by atoms with Crippen molar-refractivity contribution in [1.29, 1.82) is 0 Å². The summed E-state index contributed by atoms with van der Waals surface area (Å²) in [5.41, 5.74) is 4.99. The molecule has 0 spiro atoms. The number of rotatable bonds is 7. The highest BCUT2D eigenvalue weighted by Gasteiger charge is 2.19. The van der Waals surface area contributed by atoms with Crippen molar-refractivity contribution in [3.8, 4) is 0 Å². The molecule has 0 radical (unpaired) electrons. The zero-order valence-electron chi connectivity index (χ0n) is 15.3. The lowest BCUT2D eigenvalue weighted by Crippen LogP contribution is -2.23. The van der Waals surface area contributed by atoms with Crippen molar-refractivity contribution >= 4 is 28.1 Å². The van der Waals surface area contributed by atoms with E-state index in [0.717, 1.165) is 12.0 Å². The normalized spacial score (nSPS) is 11.9. The van der Waals surface area contributed by atoms with Crippen LogP contribution in [0, 0.1) is 12.7 Å². The first-order valence-corrected chi connectivity index (χ1v) is 9.80. The molecule has 0 heterocycles. The van der Waals surface area contributed by atoms with Gasteiger partial charge in [-0.2, -0.15) is 0 Å². The number of aryl methyl sites for hydroxylation is 1. The van der Waals surface area contributed by atoms with E-state index in [-0.39, 0.29) is 5.82 Å². The van der Waals surface area contributed by atoms with Gasteiger partial charge in [-0.15, -0.1) is 0 Å². The van der Waals surface area contributed by atoms with E-state index in [1.54, 1.807) is 18.4 Å². The summed E-state index contributed by atoms with van der Waals surface area (Å²) < 4.78 is 26.0. The van der Waals surface area contributed by atoms with E-state index in [2.05, 4.69) is 10.8 Å². The Kier molecular flexibility index (Phi) is 6.88. The van der Waals surface area contributed by atoms with Crippen LogP contribution in [0.2, 0.25) is 0 Å². The standard InChI is InChI=1S/C19H23FN2O3S/c1-5-6-14-16(20)9-8-15(19(23)22-25-3)18(14)21-17-10-7-13(26(4)24)11-12(17)2/h7-11,21H,5-6H2,1-4H3,(H,22,23). The second kappa shape index (κ2) is 8.91. The van der Waals surface area contributed by atoms with Gasteiger partial charge in [0.05, 0.1) is 18.4 Å². The number of hydrogen-bond donors (Lipinski definition) is 2. The molecule has 2 rings (SSSR count). The fourth-order valence-corrected chi connectivity index (χ4v) is 3.29. The van der Waals surface area contributed by atoms with Crippen LogP contribution in [0.4, 0.5) is 15.8 Å². The Labute approximate surface area is 155 Å². The Morgan fingerprint density at radius 2 is 2.00 bits per heavy atom. The van der Waals surface area contributed by atoms with Crippen LogP contribution < -0.4 is 10.8 Å². The number of nitrogens with one attached hydrogen (secondary N) is 2. The highest BCUT2D eigenvalue weighted by molar-refractivity contribution is 7.84. The summed E-state index contributed by atoms with van der Waals surface area (Å²) in [6, 6.07) is 8.06. The highest BCUT2D eigenvalue weighted by Crippen LogP contribution is 2.31. The van der Waals surface area contributed by atoms with E-state index < -0.39 is 16.7 Å². The number of carbonyl (C=O) groups excluding carboxylic acids is 1. The zero-order chi connectivity index (χ0) is 19.3. The van der Waals surface area contributed by atoms with Crippen molar-refractivity contribution < 1.29 is 18.2 Å². The molecular weight excluding hydrogens is 355 g/mol. The Morgan fingerprint density at radius 1 is 1.27 bits per heavy atom. The number of hydrogen-bond acceptors (Lipinski definition) is 4. The molecule has 0 saturated heterocycles. The van der Waals surface area contributed by atoms with Crippen LogP contribution in [-0.4, -0.2) is 23.5 Å². The monoisotopic (exact) mass is 378 g/mol. The average molecular weight is 378 g/mol. The first-order valence-electron chi connectivity index (χ1n) is 8.24. The third-order valence-electron chi connectivity index (χ3n) is 3.98. The maximum absolute atomic E-state index is 14.4. The molecule has 7 heteroatoms. The third-order valence-corrected chi connectivity index (χ3v) is 4.90. The summed E-state index contributed by atoms with van der Waals surface area (Å²) in [5, 5.41) is 3.19. The SMILES string of the molecule is CCCc1c(F)ccc(C(=O)NOC)c1Nc1ccc(S(C)=O)cc1C. The van der Waals surface area contributed by atoms with E-state index in [9.17, 15) is 13.4 Å². The molecule has 2 N–H and O–H groups in total. The van der Waals surface area contributed by atoms with E-state index in [4.69, 9.17) is 4.84 Å². The largest absolute Gasteiger partial charge is 0.354 e. The molecule has 26 heavy (non-hydrogen) atoms. The lowest BCUT2D eigenvalue weighted by atomic mass is 10.0. The van der Waals surface area contributed by atoms with Crippen LogP contribution in [0.3, 0.4) is 0 Å². The molecule has 2 aromatic carbocycles. The van der Waals surface area contributed by atoms with Gasteiger partial charge in [-0.1, -0.05) is 13.3 Å². The van der Waals surface area contributed by atoms with E-state index in [1.165, 1.54) is 19.2 Å². The van der Waals surface area contributed by atoms with Crippen molar-refractivity contribution in [2.24, 2.45) is 0 Å². The molecule has 2 aromatic rings. The maximum atomic E-state index is 14.4. The van der Waals surface area contributed by atoms with E-state index in [1.807, 2.05) is 19.9 Å². The van der Waals surface area contributed by atoms with Crippen LogP contribution >= 0.6 is 0 Å². The van der Waals surface area contributed by atoms with Gasteiger partial charge in [-0.25, -0.2) is 9.87 Å². The van der Waals surface area contributed by atoms with Gasteiger partial charge in [0.25, 0.3) is 5.91 Å². The van der Waals surface area contributed by atoms with Crippen molar-refractivity contribution in [2.45, 2.75) is 31.6 Å². The summed E-state index contributed by atoms with van der Waals surface area (Å²) in [6.07, 6.45) is 2.83. The minimum Gasteiger partial charge on any atom is -0.354 e. The molecule has 140 valence electrons. The zero-order valence-corrected chi connectivity index (χ0v) is 16.1.